The van der Waals surface area contributed by atoms with Gasteiger partial charge in [0.15, 0.2) is 0 Å². The monoisotopic (exact) mass is 394 g/mol. The normalized spacial score (nSPS) is 12.1. The molecule has 0 aliphatic rings. The number of hydrogen-bond donors (Lipinski definition) is 2. The zero-order valence-electron chi connectivity index (χ0n) is 16.7. The highest BCUT2D eigenvalue weighted by atomic mass is 32.1. The molecule has 0 aliphatic heterocycles. The van der Waals surface area contributed by atoms with Crippen LogP contribution in [0.25, 0.3) is 0 Å². The predicted molar refractivity (Wildman–Crippen MR) is 115 cm³/mol. The van der Waals surface area contributed by atoms with E-state index >= 15 is 0 Å². The van der Waals surface area contributed by atoms with Crippen LogP contribution in [0.1, 0.15) is 41.7 Å². The van der Waals surface area contributed by atoms with Crippen molar-refractivity contribution in [2.24, 2.45) is 5.92 Å². The van der Waals surface area contributed by atoms with Crippen LogP contribution in [-0.2, 0) is 17.8 Å². The fraction of sp³-hybridized carbons (Fsp3) is 0.304. The minimum atomic E-state index is -0.0296. The summed E-state index contributed by atoms with van der Waals surface area (Å²) in [5, 5.41) is 8.19. The molecule has 0 saturated heterocycles. The number of nitrogens with two attached hydrogens (primary N) is 1. The molecule has 0 spiro atoms. The molecule has 3 N–H and O–H groups in total. The molecule has 0 bridgehead atoms. The molecule has 3 rings (SSSR count). The topological polar surface area (TPSA) is 58.6 Å². The van der Waals surface area contributed by atoms with Gasteiger partial charge in [0.25, 0.3) is 0 Å². The second-order valence-corrected chi connectivity index (χ2v) is 8.39. The average Bonchev–Trinajstić information content (AvgIpc) is 3.11. The third-order valence-electron chi connectivity index (χ3n) is 4.73. The first-order chi connectivity index (χ1) is 13.5. The number of amides is 1. The van der Waals surface area contributed by atoms with Crippen LogP contribution in [0.15, 0.2) is 60.0 Å². The van der Waals surface area contributed by atoms with Crippen molar-refractivity contribution in [3.8, 4) is 0 Å². The summed E-state index contributed by atoms with van der Waals surface area (Å²) in [6.45, 7) is 7.33. The highest BCUT2D eigenvalue weighted by molar-refractivity contribution is 7.09. The predicted octanol–water partition coefficient (Wildman–Crippen LogP) is 4.09. The van der Waals surface area contributed by atoms with Crippen LogP contribution in [0, 0.1) is 12.8 Å². The van der Waals surface area contributed by atoms with E-state index in [1.54, 1.807) is 11.3 Å². The summed E-state index contributed by atoms with van der Waals surface area (Å²) in [7, 11) is 0. The summed E-state index contributed by atoms with van der Waals surface area (Å²) in [4.78, 5) is 16.9. The van der Waals surface area contributed by atoms with Crippen LogP contribution in [0.5, 0.6) is 0 Å². The number of benzene rings is 2. The molecule has 1 amide bonds. The first-order valence-electron chi connectivity index (χ1n) is 9.69. The molecule has 146 valence electrons. The molecule has 1 heterocycles. The van der Waals surface area contributed by atoms with Gasteiger partial charge in [-0.2, -0.15) is 0 Å². The molecule has 28 heavy (non-hydrogen) atoms. The molecule has 1 atom stereocenters. The molecule has 2 aromatic carbocycles. The average molecular weight is 395 g/mol. The molecular formula is C23H28N3OS+. The Bertz CT molecular complexity index is 888. The van der Waals surface area contributed by atoms with Crippen molar-refractivity contribution in [1.29, 1.82) is 0 Å². The Morgan fingerprint density at radius 3 is 2.50 bits per heavy atom. The van der Waals surface area contributed by atoms with Crippen LogP contribution >= 0.6 is 11.3 Å². The van der Waals surface area contributed by atoms with E-state index in [1.807, 2.05) is 31.2 Å². The largest absolute Gasteiger partial charge is 0.335 e. The molecule has 4 nitrogen and oxygen atoms in total. The molecule has 0 saturated carbocycles. The Balaban J connectivity index is 1.54. The lowest BCUT2D eigenvalue weighted by molar-refractivity contribution is -0.717. The quantitative estimate of drug-likeness (QED) is 0.604. The first kappa shape index (κ1) is 20.2. The Morgan fingerprint density at radius 1 is 1.11 bits per heavy atom. The van der Waals surface area contributed by atoms with E-state index in [9.17, 15) is 4.79 Å². The molecule has 0 radical (unpaired) electrons. The summed E-state index contributed by atoms with van der Waals surface area (Å²) < 4.78 is 0. The standard InChI is InChI=1S/C23H27N3OS/c1-16(2)23(18-7-5-4-6-8-18)24-14-20-15-28-22(26-20)13-21(27)25-19-11-9-17(3)10-12-19/h4-12,15-16,23-24H,13-14H2,1-3H3,(H,25,27)/p+1/t23-/m1/s1. The third kappa shape index (κ3) is 5.75. The maximum absolute atomic E-state index is 12.3. The lowest BCUT2D eigenvalue weighted by Gasteiger charge is -2.19. The zero-order chi connectivity index (χ0) is 19.9. The van der Waals surface area contributed by atoms with Gasteiger partial charge in [-0.3, -0.25) is 4.79 Å². The van der Waals surface area contributed by atoms with Gasteiger partial charge in [0.1, 0.15) is 23.3 Å². The molecule has 3 aromatic rings. The van der Waals surface area contributed by atoms with E-state index in [2.05, 4.69) is 65.2 Å². The zero-order valence-corrected chi connectivity index (χ0v) is 17.5. The number of anilines is 1. The SMILES string of the molecule is Cc1ccc(NC(=O)Cc2nc(C[NH2+][C@@H](c3ccccc3)C(C)C)cs2)cc1. The maximum atomic E-state index is 12.3. The minimum Gasteiger partial charge on any atom is -0.335 e. The van der Waals surface area contributed by atoms with Crippen molar-refractivity contribution in [1.82, 2.24) is 4.98 Å². The second kappa shape index (κ2) is 9.62. The number of aromatic nitrogens is 1. The molecule has 0 aliphatic carbocycles. The van der Waals surface area contributed by atoms with Gasteiger partial charge in [-0.1, -0.05) is 61.9 Å². The van der Waals surface area contributed by atoms with Gasteiger partial charge < -0.3 is 10.6 Å². The van der Waals surface area contributed by atoms with Crippen LogP contribution < -0.4 is 10.6 Å². The second-order valence-electron chi connectivity index (χ2n) is 7.44. The van der Waals surface area contributed by atoms with E-state index in [1.165, 1.54) is 11.1 Å². The number of thiazole rings is 1. The Morgan fingerprint density at radius 2 is 1.82 bits per heavy atom. The van der Waals surface area contributed by atoms with Gasteiger partial charge in [0, 0.05) is 22.5 Å². The highest BCUT2D eigenvalue weighted by Crippen LogP contribution is 2.18. The van der Waals surface area contributed by atoms with Crippen LogP contribution in [0.4, 0.5) is 5.69 Å². The Labute approximate surface area is 171 Å². The fourth-order valence-corrected chi connectivity index (χ4v) is 4.02. The Hall–Kier alpha value is -2.50. The molecular weight excluding hydrogens is 366 g/mol. The van der Waals surface area contributed by atoms with E-state index in [-0.39, 0.29) is 5.91 Å². The Kier molecular flexibility index (Phi) is 6.95. The smallest absolute Gasteiger partial charge is 0.231 e. The molecule has 0 unspecified atom stereocenters. The van der Waals surface area contributed by atoms with E-state index in [0.29, 0.717) is 18.4 Å². The molecule has 1 aromatic heterocycles. The lowest BCUT2D eigenvalue weighted by atomic mass is 9.96. The van der Waals surface area contributed by atoms with Crippen molar-refractivity contribution in [3.05, 3.63) is 81.8 Å². The summed E-state index contributed by atoms with van der Waals surface area (Å²) in [5.41, 5.74) is 4.37. The highest BCUT2D eigenvalue weighted by Gasteiger charge is 2.19. The van der Waals surface area contributed by atoms with Crippen molar-refractivity contribution in [2.45, 2.75) is 39.8 Å². The maximum Gasteiger partial charge on any atom is 0.231 e. The molecule has 5 heteroatoms. The van der Waals surface area contributed by atoms with Gasteiger partial charge in [-0.05, 0) is 19.1 Å². The number of aryl methyl sites for hydroxylation is 1. The minimum absolute atomic E-state index is 0.0296. The van der Waals surface area contributed by atoms with Crippen molar-refractivity contribution < 1.29 is 10.1 Å². The van der Waals surface area contributed by atoms with Crippen LogP contribution in [-0.4, -0.2) is 10.9 Å². The summed E-state index contributed by atoms with van der Waals surface area (Å²) in [5.74, 6) is 0.499. The molecule has 0 fully saturated rings. The summed E-state index contributed by atoms with van der Waals surface area (Å²) in [6, 6.07) is 18.8. The van der Waals surface area contributed by atoms with E-state index in [0.717, 1.165) is 22.9 Å². The van der Waals surface area contributed by atoms with E-state index < -0.39 is 0 Å². The number of nitrogens with one attached hydrogen (secondary N) is 1. The number of hydrogen-bond acceptors (Lipinski definition) is 3. The van der Waals surface area contributed by atoms with Crippen LogP contribution in [0.3, 0.4) is 0 Å². The summed E-state index contributed by atoms with van der Waals surface area (Å²) in [6.07, 6.45) is 0.310. The van der Waals surface area contributed by atoms with Gasteiger partial charge in [0.2, 0.25) is 5.91 Å². The first-order valence-corrected chi connectivity index (χ1v) is 10.6. The number of carbonyl (C=O) groups is 1. The van der Waals surface area contributed by atoms with Gasteiger partial charge in [-0.15, -0.1) is 11.3 Å². The number of nitrogens with zero attached hydrogens (tertiary/aromatic N) is 1. The fourth-order valence-electron chi connectivity index (χ4n) is 3.22. The van der Waals surface area contributed by atoms with Crippen molar-refractivity contribution in [3.63, 3.8) is 0 Å². The van der Waals surface area contributed by atoms with Crippen molar-refractivity contribution in [2.75, 3.05) is 5.32 Å². The van der Waals surface area contributed by atoms with Gasteiger partial charge in [0.05, 0.1) is 6.42 Å². The number of quaternary nitrogens is 1. The lowest BCUT2D eigenvalue weighted by Crippen LogP contribution is -2.84. The van der Waals surface area contributed by atoms with Crippen LogP contribution in [0.2, 0.25) is 0 Å². The van der Waals surface area contributed by atoms with E-state index in [4.69, 9.17) is 0 Å². The summed E-state index contributed by atoms with van der Waals surface area (Å²) >= 11 is 1.55. The number of rotatable bonds is 8. The number of carbonyl (C=O) groups excluding carboxylic acids is 1. The van der Waals surface area contributed by atoms with Crippen molar-refractivity contribution >= 4 is 22.9 Å². The third-order valence-corrected chi connectivity index (χ3v) is 5.63. The van der Waals surface area contributed by atoms with Gasteiger partial charge in [-0.25, -0.2) is 4.98 Å². The van der Waals surface area contributed by atoms with Gasteiger partial charge >= 0.3 is 0 Å².